The van der Waals surface area contributed by atoms with Gasteiger partial charge in [0.05, 0.1) is 7.11 Å². The van der Waals surface area contributed by atoms with Gasteiger partial charge in [0.1, 0.15) is 17.3 Å². The zero-order valence-electron chi connectivity index (χ0n) is 14.2. The van der Waals surface area contributed by atoms with E-state index >= 15 is 0 Å². The first-order chi connectivity index (χ1) is 12.2. The quantitative estimate of drug-likeness (QED) is 0.724. The third kappa shape index (κ3) is 4.48. The predicted molar refractivity (Wildman–Crippen MR) is 88.0 cm³/mol. The van der Waals surface area contributed by atoms with Gasteiger partial charge >= 0.3 is 12.2 Å². The summed E-state index contributed by atoms with van der Waals surface area (Å²) in [5.41, 5.74) is -2.75. The molecule has 0 saturated carbocycles. The third-order valence-corrected chi connectivity index (χ3v) is 3.74. The van der Waals surface area contributed by atoms with Crippen LogP contribution >= 0.6 is 0 Å². The summed E-state index contributed by atoms with van der Waals surface area (Å²) in [4.78, 5) is 11.8. The van der Waals surface area contributed by atoms with E-state index in [-0.39, 0.29) is 5.76 Å². The molecule has 1 heterocycles. The minimum Gasteiger partial charge on any atom is -0.497 e. The van der Waals surface area contributed by atoms with Gasteiger partial charge in [-0.3, -0.25) is 0 Å². The molecule has 0 fully saturated rings. The lowest BCUT2D eigenvalue weighted by atomic mass is 9.96. The van der Waals surface area contributed by atoms with Crippen molar-refractivity contribution < 1.29 is 32.2 Å². The molecule has 0 spiro atoms. The molecule has 0 aliphatic carbocycles. The fourth-order valence-corrected chi connectivity index (χ4v) is 2.27. The first-order valence-electron chi connectivity index (χ1n) is 7.70. The number of nitrogens with one attached hydrogen (secondary N) is 2. The van der Waals surface area contributed by atoms with Gasteiger partial charge in [0, 0.05) is 18.7 Å². The number of aliphatic hydroxyl groups is 1. The highest BCUT2D eigenvalue weighted by Crippen LogP contribution is 2.42. The molecule has 0 saturated heterocycles. The Balaban J connectivity index is 1.95. The van der Waals surface area contributed by atoms with Crippen LogP contribution in [0, 0.1) is 6.92 Å². The van der Waals surface area contributed by atoms with Crippen molar-refractivity contribution in [2.45, 2.75) is 25.1 Å². The Bertz CT molecular complexity index is 743. The molecule has 1 aromatic heterocycles. The molecule has 0 radical (unpaired) electrons. The molecule has 1 unspecified atom stereocenters. The summed E-state index contributed by atoms with van der Waals surface area (Å²) in [5.74, 6) is 0.229. The van der Waals surface area contributed by atoms with Crippen LogP contribution in [0.25, 0.3) is 0 Å². The molecule has 0 aliphatic heterocycles. The lowest BCUT2D eigenvalue weighted by Crippen LogP contribution is -2.45. The van der Waals surface area contributed by atoms with E-state index in [9.17, 15) is 23.1 Å². The summed E-state index contributed by atoms with van der Waals surface area (Å²) in [6.07, 6.45) is -5.75. The van der Waals surface area contributed by atoms with Crippen molar-refractivity contribution in [2.24, 2.45) is 0 Å². The molecule has 0 aliphatic rings. The van der Waals surface area contributed by atoms with Crippen LogP contribution in [0.2, 0.25) is 0 Å². The lowest BCUT2D eigenvalue weighted by molar-refractivity contribution is -0.274. The number of carbonyl (C=O) groups excluding carboxylic acids is 1. The Morgan fingerprint density at radius 3 is 2.35 bits per heavy atom. The number of methoxy groups -OCH3 is 1. The molecule has 142 valence electrons. The molecule has 26 heavy (non-hydrogen) atoms. The minimum atomic E-state index is -4.95. The highest BCUT2D eigenvalue weighted by molar-refractivity contribution is 5.89. The molecule has 1 atom stereocenters. The van der Waals surface area contributed by atoms with Crippen LogP contribution < -0.4 is 15.4 Å². The Labute approximate surface area is 148 Å². The van der Waals surface area contributed by atoms with E-state index in [4.69, 9.17) is 9.15 Å². The largest absolute Gasteiger partial charge is 0.497 e. The maximum absolute atomic E-state index is 13.3. The van der Waals surface area contributed by atoms with Crippen LogP contribution in [0.4, 0.5) is 23.7 Å². The number of halogens is 3. The monoisotopic (exact) mass is 372 g/mol. The number of amides is 2. The number of hydrogen-bond donors (Lipinski definition) is 3. The predicted octanol–water partition coefficient (Wildman–Crippen LogP) is 3.56. The van der Waals surface area contributed by atoms with Crippen LogP contribution in [0.3, 0.4) is 0 Å². The van der Waals surface area contributed by atoms with Crippen molar-refractivity contribution in [1.29, 1.82) is 0 Å². The zero-order chi connectivity index (χ0) is 19.4. The molecule has 2 rings (SSSR count). The number of furan rings is 1. The number of alkyl halides is 3. The molecular formula is C17H19F3N2O4. The zero-order valence-corrected chi connectivity index (χ0v) is 14.2. The molecule has 3 N–H and O–H groups in total. The molecule has 9 heteroatoms. The molecule has 1 aromatic carbocycles. The van der Waals surface area contributed by atoms with Crippen molar-refractivity contribution in [3.8, 4) is 5.75 Å². The van der Waals surface area contributed by atoms with Crippen LogP contribution in [0.1, 0.15) is 17.9 Å². The summed E-state index contributed by atoms with van der Waals surface area (Å²) < 4.78 is 49.8. The Kier molecular flexibility index (Phi) is 5.81. The van der Waals surface area contributed by atoms with Crippen molar-refractivity contribution in [2.75, 3.05) is 19.0 Å². The molecule has 2 amide bonds. The van der Waals surface area contributed by atoms with Crippen molar-refractivity contribution >= 4 is 11.7 Å². The van der Waals surface area contributed by atoms with E-state index in [1.807, 2.05) is 0 Å². The van der Waals surface area contributed by atoms with E-state index in [2.05, 4.69) is 10.6 Å². The van der Waals surface area contributed by atoms with Crippen molar-refractivity contribution in [3.63, 3.8) is 0 Å². The van der Waals surface area contributed by atoms with Gasteiger partial charge in [-0.15, -0.1) is 0 Å². The molecule has 2 aromatic rings. The topological polar surface area (TPSA) is 83.7 Å². The summed E-state index contributed by atoms with van der Waals surface area (Å²) in [5, 5.41) is 14.8. The number of ether oxygens (including phenoxy) is 1. The van der Waals surface area contributed by atoms with Gasteiger partial charge in [0.25, 0.3) is 0 Å². The summed E-state index contributed by atoms with van der Waals surface area (Å²) in [6, 6.07) is 8.10. The standard InChI is InChI=1S/C17H19F3N2O4/c1-11-3-8-14(26-11)16(24,17(18,19)20)9-10-21-15(23)22-12-4-6-13(25-2)7-5-12/h3-8,24H,9-10H2,1-2H3,(H2,21,22,23). The van der Waals surface area contributed by atoms with E-state index in [0.717, 1.165) is 6.07 Å². The van der Waals surface area contributed by atoms with Gasteiger partial charge in [-0.2, -0.15) is 13.2 Å². The van der Waals surface area contributed by atoms with Crippen LogP contribution in [-0.4, -0.2) is 31.0 Å². The van der Waals surface area contributed by atoms with Crippen molar-refractivity contribution in [3.05, 3.63) is 47.9 Å². The number of benzene rings is 1. The summed E-state index contributed by atoms with van der Waals surface area (Å²) in [7, 11) is 1.50. The van der Waals surface area contributed by atoms with E-state index in [1.54, 1.807) is 24.3 Å². The average molecular weight is 372 g/mol. The fourth-order valence-electron chi connectivity index (χ4n) is 2.27. The van der Waals surface area contributed by atoms with Gasteiger partial charge in [-0.1, -0.05) is 0 Å². The number of carbonyl (C=O) groups is 1. The number of anilines is 1. The number of rotatable bonds is 6. The first kappa shape index (κ1) is 19.6. The highest BCUT2D eigenvalue weighted by atomic mass is 19.4. The van der Waals surface area contributed by atoms with Gasteiger partial charge < -0.3 is 24.9 Å². The smallest absolute Gasteiger partial charge is 0.424 e. The minimum absolute atomic E-state index is 0.243. The average Bonchev–Trinajstić information content (AvgIpc) is 3.01. The van der Waals surface area contributed by atoms with Crippen molar-refractivity contribution in [1.82, 2.24) is 5.32 Å². The summed E-state index contributed by atoms with van der Waals surface area (Å²) >= 11 is 0. The maximum atomic E-state index is 13.3. The van der Waals surface area contributed by atoms with Gasteiger partial charge in [-0.05, 0) is 43.3 Å². The number of urea groups is 1. The van der Waals surface area contributed by atoms with E-state index < -0.39 is 36.5 Å². The van der Waals surface area contributed by atoms with Crippen LogP contribution in [0.5, 0.6) is 5.75 Å². The number of hydrogen-bond acceptors (Lipinski definition) is 4. The fraction of sp³-hybridized carbons (Fsp3) is 0.353. The SMILES string of the molecule is COc1ccc(NC(=O)NCCC(O)(c2ccc(C)o2)C(F)(F)F)cc1. The van der Waals surface area contributed by atoms with Gasteiger partial charge in [-0.25, -0.2) is 4.79 Å². The second kappa shape index (κ2) is 7.69. The molecule has 6 nitrogen and oxygen atoms in total. The second-order valence-electron chi connectivity index (χ2n) is 5.63. The molecular weight excluding hydrogens is 353 g/mol. The number of aryl methyl sites for hydroxylation is 1. The first-order valence-corrected chi connectivity index (χ1v) is 7.70. The lowest BCUT2D eigenvalue weighted by Gasteiger charge is -2.28. The van der Waals surface area contributed by atoms with E-state index in [1.165, 1.54) is 20.1 Å². The third-order valence-electron chi connectivity index (χ3n) is 3.74. The van der Waals surface area contributed by atoms with Gasteiger partial charge in [0.2, 0.25) is 5.60 Å². The maximum Gasteiger partial charge on any atom is 0.424 e. The molecule has 0 bridgehead atoms. The second-order valence-corrected chi connectivity index (χ2v) is 5.63. The Hall–Kier alpha value is -2.68. The highest BCUT2D eigenvalue weighted by Gasteiger charge is 2.56. The Morgan fingerprint density at radius 2 is 1.85 bits per heavy atom. The normalized spacial score (nSPS) is 13.8. The van der Waals surface area contributed by atoms with Crippen LogP contribution in [0.15, 0.2) is 40.8 Å². The van der Waals surface area contributed by atoms with Crippen LogP contribution in [-0.2, 0) is 5.60 Å². The van der Waals surface area contributed by atoms with E-state index in [0.29, 0.717) is 11.4 Å². The summed E-state index contributed by atoms with van der Waals surface area (Å²) in [6.45, 7) is 1.05. The van der Waals surface area contributed by atoms with Gasteiger partial charge in [0.15, 0.2) is 0 Å². The Morgan fingerprint density at radius 1 is 1.19 bits per heavy atom.